The average Bonchev–Trinajstić information content (AvgIpc) is 3.51. The van der Waals surface area contributed by atoms with Crippen molar-refractivity contribution < 1.29 is 14.0 Å². The van der Waals surface area contributed by atoms with Crippen LogP contribution in [0.5, 0.6) is 0 Å². The van der Waals surface area contributed by atoms with E-state index in [0.29, 0.717) is 11.4 Å². The largest absolute Gasteiger partial charge is 0.456 e. The molecule has 2 heteroatoms. The highest BCUT2D eigenvalue weighted by Gasteiger charge is 2.22. The fourth-order valence-corrected chi connectivity index (χ4v) is 5.57. The van der Waals surface area contributed by atoms with Gasteiger partial charge in [0.2, 0.25) is 0 Å². The second-order valence-corrected chi connectivity index (χ2v) is 9.65. The van der Waals surface area contributed by atoms with E-state index in [0.717, 1.165) is 32.7 Å². The summed E-state index contributed by atoms with van der Waals surface area (Å²) in [6, 6.07) is 33.2. The highest BCUT2D eigenvalue weighted by molar-refractivity contribution is 6.18. The molecule has 8 rings (SSSR count). The Balaban J connectivity index is 1.58. The fraction of sp³-hybridized carbons (Fsp3) is 0. The number of rotatable bonds is 4. The van der Waals surface area contributed by atoms with Crippen molar-refractivity contribution in [1.82, 2.24) is 0 Å². The topological polar surface area (TPSA) is 16.4 Å². The van der Waals surface area contributed by atoms with E-state index >= 15 is 0 Å². The van der Waals surface area contributed by atoms with Crippen LogP contribution in [0.4, 0.5) is 17.1 Å². The van der Waals surface area contributed by atoms with Crippen molar-refractivity contribution in [3.63, 3.8) is 0 Å². The van der Waals surface area contributed by atoms with Gasteiger partial charge in [-0.15, -0.1) is 0 Å². The molecule has 0 aliphatic heterocycles. The Kier molecular flexibility index (Phi) is 3.79. The minimum Gasteiger partial charge on any atom is -0.456 e. The number of furan rings is 1. The van der Waals surface area contributed by atoms with Gasteiger partial charge in [-0.25, -0.2) is 0 Å². The summed E-state index contributed by atoms with van der Waals surface area (Å²) in [5.41, 5.74) is 3.27. The predicted octanol–water partition coefficient (Wildman–Crippen LogP) is 11.0. The van der Waals surface area contributed by atoms with Gasteiger partial charge in [0.05, 0.1) is 26.4 Å². The number of para-hydroxylation sites is 1. The van der Waals surface area contributed by atoms with Gasteiger partial charge < -0.3 is 9.32 Å². The van der Waals surface area contributed by atoms with Crippen molar-refractivity contribution in [2.24, 2.45) is 0 Å². The van der Waals surface area contributed by atoms with Gasteiger partial charge in [-0.1, -0.05) is 115 Å². The third-order valence-corrected chi connectivity index (χ3v) is 7.35. The lowest BCUT2D eigenvalue weighted by atomic mass is 9.98. The van der Waals surface area contributed by atoms with E-state index in [1.165, 1.54) is 0 Å². The van der Waals surface area contributed by atoms with E-state index in [9.17, 15) is 1.37 Å². The molecule has 0 radical (unpaired) electrons. The molecule has 0 saturated carbocycles. The number of hydrogen-bond acceptors (Lipinski definition) is 2. The van der Waals surface area contributed by atoms with Gasteiger partial charge in [0.25, 0.3) is 0 Å². The molecule has 7 aromatic carbocycles. The van der Waals surface area contributed by atoms with Crippen LogP contribution in [0.1, 0.15) is 9.60 Å². The van der Waals surface area contributed by atoms with Crippen LogP contribution in [-0.2, 0) is 0 Å². The van der Waals surface area contributed by atoms with Crippen LogP contribution in [0.25, 0.3) is 54.6 Å². The Hall–Kier alpha value is -5.34. The molecule has 0 saturated heterocycles. The van der Waals surface area contributed by atoms with Crippen molar-refractivity contribution in [1.29, 1.82) is 0 Å². The van der Waals surface area contributed by atoms with Crippen LogP contribution in [0, 0.1) is 0 Å². The van der Waals surface area contributed by atoms with Gasteiger partial charge in [-0.3, -0.25) is 0 Å². The molecule has 0 spiro atoms. The SMILES string of the molecule is [2H]c1c([2H])c([2H])c2c(oc3c([2H])c([2H])c([2H])c(N(c4cccc(-c5ccccc5)c4)c4cc5ccccc5c5ccccc45)c32)c1[2H]. The smallest absolute Gasteiger partial charge is 0.137 e. The number of hydrogen-bond donors (Lipinski definition) is 0. The first-order chi connectivity index (χ1) is 22.8. The van der Waals surface area contributed by atoms with E-state index in [2.05, 4.69) is 6.07 Å². The molecule has 0 aliphatic carbocycles. The van der Waals surface area contributed by atoms with Gasteiger partial charge in [-0.2, -0.15) is 0 Å². The molecule has 0 N–H and O–H groups in total. The third-order valence-electron chi connectivity index (χ3n) is 7.35. The van der Waals surface area contributed by atoms with Crippen molar-refractivity contribution in [2.75, 3.05) is 4.90 Å². The Bertz CT molecular complexity index is 2560. The van der Waals surface area contributed by atoms with Crippen molar-refractivity contribution in [3.05, 3.63) is 151 Å². The summed E-state index contributed by atoms with van der Waals surface area (Å²) >= 11 is 0. The Labute approximate surface area is 242 Å². The summed E-state index contributed by atoms with van der Waals surface area (Å²) in [6.45, 7) is 0. The Morgan fingerprint density at radius 3 is 2.12 bits per heavy atom. The maximum absolute atomic E-state index is 9.39. The first-order valence-corrected chi connectivity index (χ1v) is 13.0. The minimum atomic E-state index is -0.459. The van der Waals surface area contributed by atoms with E-state index < -0.39 is 12.1 Å². The van der Waals surface area contributed by atoms with Crippen molar-refractivity contribution in [2.45, 2.75) is 0 Å². The van der Waals surface area contributed by atoms with Gasteiger partial charge in [0.15, 0.2) is 0 Å². The summed E-state index contributed by atoms with van der Waals surface area (Å²) in [6.07, 6.45) is 0. The zero-order valence-corrected chi connectivity index (χ0v) is 21.2. The first-order valence-electron chi connectivity index (χ1n) is 16.5. The molecule has 0 fully saturated rings. The molecule has 1 aromatic heterocycles. The number of nitrogens with zero attached hydrogens (tertiary/aromatic N) is 1. The van der Waals surface area contributed by atoms with Crippen LogP contribution < -0.4 is 4.90 Å². The number of benzene rings is 7. The van der Waals surface area contributed by atoms with Crippen molar-refractivity contribution in [3.8, 4) is 11.1 Å². The summed E-state index contributed by atoms with van der Waals surface area (Å²) < 4.78 is 67.4. The maximum atomic E-state index is 9.39. The lowest BCUT2D eigenvalue weighted by molar-refractivity contribution is 0.669. The quantitative estimate of drug-likeness (QED) is 0.215. The molecule has 1 heterocycles. The monoisotopic (exact) mass is 518 g/mol. The molecule has 0 bridgehead atoms. The number of fused-ring (bicyclic) bond motifs is 6. The summed E-state index contributed by atoms with van der Waals surface area (Å²) in [5.74, 6) is 0. The van der Waals surface area contributed by atoms with Gasteiger partial charge >= 0.3 is 0 Å². The van der Waals surface area contributed by atoms with Crippen LogP contribution >= 0.6 is 0 Å². The molecular formula is C38H25NO. The average molecular weight is 519 g/mol. The van der Waals surface area contributed by atoms with Crippen LogP contribution in [0.3, 0.4) is 0 Å². The summed E-state index contributed by atoms with van der Waals surface area (Å²) in [7, 11) is 0. The minimum absolute atomic E-state index is 0.0670. The van der Waals surface area contributed by atoms with Gasteiger partial charge in [0, 0.05) is 16.5 Å². The fourth-order valence-electron chi connectivity index (χ4n) is 5.57. The molecule has 8 aromatic rings. The zero-order valence-electron chi connectivity index (χ0n) is 28.2. The Morgan fingerprint density at radius 2 is 1.23 bits per heavy atom. The summed E-state index contributed by atoms with van der Waals surface area (Å²) in [4.78, 5) is 1.87. The molecule has 40 heavy (non-hydrogen) atoms. The Morgan fingerprint density at radius 1 is 0.500 bits per heavy atom. The van der Waals surface area contributed by atoms with E-state index in [4.69, 9.17) is 12.6 Å². The summed E-state index contributed by atoms with van der Waals surface area (Å²) in [5, 5.41) is 4.11. The first kappa shape index (κ1) is 16.6. The molecule has 0 atom stereocenters. The maximum Gasteiger partial charge on any atom is 0.137 e. The number of anilines is 3. The van der Waals surface area contributed by atoms with Crippen LogP contribution in [-0.4, -0.2) is 0 Å². The normalized spacial score (nSPS) is 13.9. The molecule has 188 valence electrons. The van der Waals surface area contributed by atoms with Crippen molar-refractivity contribution >= 4 is 60.5 Å². The molecule has 0 unspecified atom stereocenters. The van der Waals surface area contributed by atoms with Gasteiger partial charge in [-0.05, 0) is 63.6 Å². The molecule has 0 aliphatic rings. The second-order valence-electron chi connectivity index (χ2n) is 9.65. The lowest BCUT2D eigenvalue weighted by Crippen LogP contribution is -2.11. The van der Waals surface area contributed by atoms with Crippen LogP contribution in [0.15, 0.2) is 156 Å². The lowest BCUT2D eigenvalue weighted by Gasteiger charge is -2.28. The predicted molar refractivity (Wildman–Crippen MR) is 169 cm³/mol. The van der Waals surface area contributed by atoms with Gasteiger partial charge in [0.1, 0.15) is 11.2 Å². The second kappa shape index (κ2) is 9.14. The molecular weight excluding hydrogens is 486 g/mol. The molecule has 0 amide bonds. The highest BCUT2D eigenvalue weighted by Crippen LogP contribution is 2.46. The van der Waals surface area contributed by atoms with E-state index in [-0.39, 0.29) is 57.8 Å². The zero-order chi connectivity index (χ0) is 32.6. The standard InChI is InChI=1S/C38H25NO/c1-2-12-26(13-3-1)27-15-10-16-29(24-27)39(34-21-11-23-37-38(34)33-20-8-9-22-36(33)40-37)35-25-28-14-4-5-17-30(28)31-18-6-7-19-32(31)35/h1-25H/i8D,9D,11D,20D,21D,22D,23D. The highest BCUT2D eigenvalue weighted by atomic mass is 16.3. The molecule has 2 nitrogen and oxygen atoms in total. The van der Waals surface area contributed by atoms with E-state index in [1.807, 2.05) is 108 Å². The third kappa shape index (κ3) is 3.58. The van der Waals surface area contributed by atoms with Crippen LogP contribution in [0.2, 0.25) is 0 Å². The van der Waals surface area contributed by atoms with E-state index in [1.54, 1.807) is 0 Å².